The molecule has 0 aliphatic carbocycles. The van der Waals surface area contributed by atoms with Crippen molar-refractivity contribution in [3.8, 4) is 0 Å². The molecule has 100 valence electrons. The number of hydrogen-bond donors (Lipinski definition) is 1. The Labute approximate surface area is 114 Å². The zero-order valence-corrected chi connectivity index (χ0v) is 12.0. The van der Waals surface area contributed by atoms with Crippen molar-refractivity contribution >= 4 is 11.8 Å². The highest BCUT2D eigenvalue weighted by Crippen LogP contribution is 2.21. The zero-order chi connectivity index (χ0) is 13.4. The van der Waals surface area contributed by atoms with Gasteiger partial charge in [-0.15, -0.1) is 18.3 Å². The molecule has 0 aliphatic heterocycles. The summed E-state index contributed by atoms with van der Waals surface area (Å²) in [4.78, 5) is 0.994. The van der Waals surface area contributed by atoms with Gasteiger partial charge in [0, 0.05) is 16.7 Å². The third-order valence-electron chi connectivity index (χ3n) is 2.66. The second-order valence-corrected chi connectivity index (χ2v) is 5.61. The van der Waals surface area contributed by atoms with E-state index in [4.69, 9.17) is 0 Å². The van der Waals surface area contributed by atoms with Crippen LogP contribution in [0.25, 0.3) is 0 Å². The Morgan fingerprint density at radius 2 is 2.28 bits per heavy atom. The number of nitrogens with one attached hydrogen (secondary N) is 1. The third-order valence-corrected chi connectivity index (χ3v) is 3.82. The zero-order valence-electron chi connectivity index (χ0n) is 11.2. The van der Waals surface area contributed by atoms with Gasteiger partial charge in [-0.1, -0.05) is 18.6 Å². The van der Waals surface area contributed by atoms with Gasteiger partial charge in [-0.05, 0) is 44.5 Å². The van der Waals surface area contributed by atoms with Crippen LogP contribution in [0.2, 0.25) is 0 Å². The van der Waals surface area contributed by atoms with Gasteiger partial charge in [0.05, 0.1) is 0 Å². The van der Waals surface area contributed by atoms with Crippen LogP contribution >= 0.6 is 11.8 Å². The molecule has 0 spiro atoms. The first kappa shape index (κ1) is 15.3. The van der Waals surface area contributed by atoms with Gasteiger partial charge in [-0.25, -0.2) is 4.39 Å². The van der Waals surface area contributed by atoms with Crippen molar-refractivity contribution in [2.24, 2.45) is 0 Å². The summed E-state index contributed by atoms with van der Waals surface area (Å²) < 4.78 is 13.1. The largest absolute Gasteiger partial charge is 0.313 e. The number of allylic oxidation sites excluding steroid dienone is 1. The number of halogens is 1. The fourth-order valence-corrected chi connectivity index (χ4v) is 2.76. The standard InChI is InChI=1S/C15H22FNS/c1-4-17-14(9-8-12(2)3)11-18-15-7-5-6-13(16)10-15/h5-7,10,14,17H,2,4,8-9,11H2,1,3H3. The molecule has 18 heavy (non-hydrogen) atoms. The minimum Gasteiger partial charge on any atom is -0.313 e. The van der Waals surface area contributed by atoms with Gasteiger partial charge in [0.15, 0.2) is 0 Å². The summed E-state index contributed by atoms with van der Waals surface area (Å²) in [5.41, 5.74) is 1.22. The Hall–Kier alpha value is -0.800. The molecule has 0 amide bonds. The summed E-state index contributed by atoms with van der Waals surface area (Å²) in [6.07, 6.45) is 2.13. The van der Waals surface area contributed by atoms with Crippen LogP contribution in [0.3, 0.4) is 0 Å². The maximum atomic E-state index is 13.1. The van der Waals surface area contributed by atoms with Crippen LogP contribution in [0.4, 0.5) is 4.39 Å². The first-order chi connectivity index (χ1) is 8.61. The second kappa shape index (κ2) is 8.33. The number of thioether (sulfide) groups is 1. The SMILES string of the molecule is C=C(C)CCC(CSc1cccc(F)c1)NCC. The Morgan fingerprint density at radius 3 is 2.89 bits per heavy atom. The van der Waals surface area contributed by atoms with E-state index in [2.05, 4.69) is 25.7 Å². The first-order valence-electron chi connectivity index (χ1n) is 6.38. The van der Waals surface area contributed by atoms with Crippen molar-refractivity contribution in [3.63, 3.8) is 0 Å². The monoisotopic (exact) mass is 267 g/mol. The van der Waals surface area contributed by atoms with Gasteiger partial charge >= 0.3 is 0 Å². The summed E-state index contributed by atoms with van der Waals surface area (Å²) in [5, 5.41) is 3.47. The molecule has 0 fully saturated rings. The quantitative estimate of drug-likeness (QED) is 0.558. The van der Waals surface area contributed by atoms with Crippen molar-refractivity contribution in [1.82, 2.24) is 5.32 Å². The Bertz CT molecular complexity index is 379. The van der Waals surface area contributed by atoms with E-state index in [0.717, 1.165) is 30.0 Å². The molecule has 0 saturated heterocycles. The van der Waals surface area contributed by atoms with Crippen LogP contribution < -0.4 is 5.32 Å². The molecule has 1 unspecified atom stereocenters. The second-order valence-electron chi connectivity index (χ2n) is 4.52. The van der Waals surface area contributed by atoms with E-state index in [1.54, 1.807) is 23.9 Å². The first-order valence-corrected chi connectivity index (χ1v) is 7.36. The third kappa shape index (κ3) is 6.22. The number of benzene rings is 1. The average Bonchev–Trinajstić information content (AvgIpc) is 2.32. The van der Waals surface area contributed by atoms with E-state index in [0.29, 0.717) is 6.04 Å². The maximum absolute atomic E-state index is 13.1. The highest BCUT2D eigenvalue weighted by Gasteiger charge is 2.08. The highest BCUT2D eigenvalue weighted by atomic mass is 32.2. The summed E-state index contributed by atoms with van der Waals surface area (Å²) in [5.74, 6) is 0.798. The Morgan fingerprint density at radius 1 is 1.50 bits per heavy atom. The van der Waals surface area contributed by atoms with Crippen LogP contribution in [0.5, 0.6) is 0 Å². The minimum absolute atomic E-state index is 0.165. The summed E-state index contributed by atoms with van der Waals surface area (Å²) >= 11 is 1.70. The summed E-state index contributed by atoms with van der Waals surface area (Å²) in [7, 11) is 0. The van der Waals surface area contributed by atoms with E-state index in [9.17, 15) is 4.39 Å². The van der Waals surface area contributed by atoms with Crippen molar-refractivity contribution in [1.29, 1.82) is 0 Å². The van der Waals surface area contributed by atoms with Crippen LogP contribution in [-0.4, -0.2) is 18.3 Å². The van der Waals surface area contributed by atoms with Crippen molar-refractivity contribution in [3.05, 3.63) is 42.2 Å². The van der Waals surface area contributed by atoms with Gasteiger partial charge in [0.25, 0.3) is 0 Å². The molecule has 1 atom stereocenters. The number of hydrogen-bond acceptors (Lipinski definition) is 2. The Kier molecular flexibility index (Phi) is 7.06. The Balaban J connectivity index is 2.43. The smallest absolute Gasteiger partial charge is 0.124 e. The molecule has 1 aromatic carbocycles. The molecule has 1 N–H and O–H groups in total. The van der Waals surface area contributed by atoms with Crippen molar-refractivity contribution in [2.75, 3.05) is 12.3 Å². The topological polar surface area (TPSA) is 12.0 Å². The molecule has 0 aromatic heterocycles. The van der Waals surface area contributed by atoms with Gasteiger partial charge in [0.1, 0.15) is 5.82 Å². The fraction of sp³-hybridized carbons (Fsp3) is 0.467. The van der Waals surface area contributed by atoms with Gasteiger partial charge in [-0.3, -0.25) is 0 Å². The maximum Gasteiger partial charge on any atom is 0.124 e. The molecule has 1 rings (SSSR count). The number of rotatable bonds is 8. The molecule has 0 saturated carbocycles. The van der Waals surface area contributed by atoms with Gasteiger partial charge in [0.2, 0.25) is 0 Å². The molecule has 1 nitrogen and oxygen atoms in total. The van der Waals surface area contributed by atoms with E-state index in [1.165, 1.54) is 11.6 Å². The molecule has 1 aromatic rings. The van der Waals surface area contributed by atoms with Crippen molar-refractivity contribution in [2.45, 2.75) is 37.6 Å². The van der Waals surface area contributed by atoms with Crippen LogP contribution in [0, 0.1) is 5.82 Å². The highest BCUT2D eigenvalue weighted by molar-refractivity contribution is 7.99. The lowest BCUT2D eigenvalue weighted by Gasteiger charge is -2.17. The average molecular weight is 267 g/mol. The predicted octanol–water partition coefficient (Wildman–Crippen LogP) is 4.25. The molecule has 0 bridgehead atoms. The minimum atomic E-state index is -0.165. The van der Waals surface area contributed by atoms with Crippen LogP contribution in [0.1, 0.15) is 26.7 Å². The van der Waals surface area contributed by atoms with E-state index in [1.807, 2.05) is 6.07 Å². The van der Waals surface area contributed by atoms with E-state index >= 15 is 0 Å². The normalized spacial score (nSPS) is 12.4. The van der Waals surface area contributed by atoms with Crippen LogP contribution in [-0.2, 0) is 0 Å². The lowest BCUT2D eigenvalue weighted by molar-refractivity contribution is 0.536. The fourth-order valence-electron chi connectivity index (χ4n) is 1.71. The molecule has 0 heterocycles. The van der Waals surface area contributed by atoms with E-state index in [-0.39, 0.29) is 5.82 Å². The van der Waals surface area contributed by atoms with Gasteiger partial charge in [-0.2, -0.15) is 0 Å². The predicted molar refractivity (Wildman–Crippen MR) is 78.6 cm³/mol. The molecule has 0 radical (unpaired) electrons. The van der Waals surface area contributed by atoms with Crippen molar-refractivity contribution < 1.29 is 4.39 Å². The van der Waals surface area contributed by atoms with Crippen LogP contribution in [0.15, 0.2) is 41.3 Å². The molecular weight excluding hydrogens is 245 g/mol. The lowest BCUT2D eigenvalue weighted by Crippen LogP contribution is -2.31. The lowest BCUT2D eigenvalue weighted by atomic mass is 10.1. The summed E-state index contributed by atoms with van der Waals surface area (Å²) in [6, 6.07) is 7.24. The molecule has 3 heteroatoms. The summed E-state index contributed by atoms with van der Waals surface area (Å²) in [6.45, 7) is 9.07. The molecule has 0 aliphatic rings. The van der Waals surface area contributed by atoms with E-state index < -0.39 is 0 Å². The van der Waals surface area contributed by atoms with Gasteiger partial charge < -0.3 is 5.32 Å². The molecular formula is C15H22FNS.